The Labute approximate surface area is 153 Å². The minimum atomic E-state index is 0.150. The number of aryl methyl sites for hydroxylation is 3. The molecule has 4 rings (SSSR count). The summed E-state index contributed by atoms with van der Waals surface area (Å²) in [7, 11) is 0. The molecule has 1 unspecified atom stereocenters. The van der Waals surface area contributed by atoms with Crippen LogP contribution in [0.25, 0.3) is 0 Å². The van der Waals surface area contributed by atoms with Crippen LogP contribution in [0, 0.1) is 19.3 Å². The van der Waals surface area contributed by atoms with Gasteiger partial charge in [0.15, 0.2) is 5.82 Å². The lowest BCUT2D eigenvalue weighted by atomic mass is 9.62. The van der Waals surface area contributed by atoms with Crippen LogP contribution in [0.4, 0.5) is 0 Å². The van der Waals surface area contributed by atoms with Gasteiger partial charge in [0.2, 0.25) is 5.91 Å². The molecule has 2 fully saturated rings. The second-order valence-electron chi connectivity index (χ2n) is 7.91. The lowest BCUT2D eigenvalue weighted by Crippen LogP contribution is -2.38. The topological polar surface area (TPSA) is 87.9 Å². The van der Waals surface area contributed by atoms with Crippen LogP contribution in [0.3, 0.4) is 0 Å². The van der Waals surface area contributed by atoms with E-state index in [0.29, 0.717) is 13.0 Å². The lowest BCUT2D eigenvalue weighted by molar-refractivity contribution is -0.130. The summed E-state index contributed by atoms with van der Waals surface area (Å²) in [5.74, 6) is 2.98. The Bertz CT molecular complexity index is 785. The van der Waals surface area contributed by atoms with Crippen molar-refractivity contribution in [3.8, 4) is 0 Å². The van der Waals surface area contributed by atoms with Crippen LogP contribution in [-0.4, -0.2) is 44.2 Å². The number of nitrogens with zero attached hydrogens (tertiary/aromatic N) is 4. The number of amides is 1. The minimum Gasteiger partial charge on any atom is -0.361 e. The third-order valence-corrected chi connectivity index (χ3v) is 6.21. The van der Waals surface area contributed by atoms with Gasteiger partial charge in [0, 0.05) is 31.0 Å². The molecule has 1 N–H and O–H groups in total. The van der Waals surface area contributed by atoms with Gasteiger partial charge in [-0.25, -0.2) is 4.98 Å². The summed E-state index contributed by atoms with van der Waals surface area (Å²) in [5.41, 5.74) is 1.90. The SMILES string of the molecule is CCCc1nc(C2CN(C(=O)Cc3c(C)noc3C)CC23CCC3)n[nH]1. The fourth-order valence-corrected chi connectivity index (χ4v) is 4.48. The van der Waals surface area contributed by atoms with Crippen molar-refractivity contribution in [3.05, 3.63) is 28.7 Å². The third kappa shape index (κ3) is 2.83. The van der Waals surface area contributed by atoms with E-state index >= 15 is 0 Å². The summed E-state index contributed by atoms with van der Waals surface area (Å²) >= 11 is 0. The number of carbonyl (C=O) groups excluding carboxylic acids is 1. The average Bonchev–Trinajstić information content (AvgIpc) is 3.27. The quantitative estimate of drug-likeness (QED) is 0.889. The standard InChI is InChI=1S/C19H27N5O2/c1-4-6-16-20-18(22-21-16)15-10-24(11-19(15)7-5-8-19)17(25)9-14-12(2)23-26-13(14)3/h15H,4-11H2,1-3H3,(H,20,21,22). The molecule has 2 aromatic heterocycles. The van der Waals surface area contributed by atoms with Gasteiger partial charge in [-0.15, -0.1) is 0 Å². The number of carbonyl (C=O) groups is 1. The molecule has 0 aromatic carbocycles. The summed E-state index contributed by atoms with van der Waals surface area (Å²) in [6.45, 7) is 7.43. The molecule has 1 saturated carbocycles. The molecular formula is C19H27N5O2. The summed E-state index contributed by atoms with van der Waals surface area (Å²) in [5, 5.41) is 11.5. The number of nitrogens with one attached hydrogen (secondary N) is 1. The molecule has 1 amide bonds. The molecule has 140 valence electrons. The van der Waals surface area contributed by atoms with E-state index in [4.69, 9.17) is 9.51 Å². The maximum absolute atomic E-state index is 12.9. The summed E-state index contributed by atoms with van der Waals surface area (Å²) in [4.78, 5) is 19.7. The van der Waals surface area contributed by atoms with Crippen molar-refractivity contribution < 1.29 is 9.32 Å². The average molecular weight is 357 g/mol. The highest BCUT2D eigenvalue weighted by Crippen LogP contribution is 2.55. The monoisotopic (exact) mass is 357 g/mol. The number of rotatable bonds is 5. The molecule has 3 heterocycles. The number of hydrogen-bond donors (Lipinski definition) is 1. The second kappa shape index (κ2) is 6.52. The Balaban J connectivity index is 1.51. The van der Waals surface area contributed by atoms with Gasteiger partial charge < -0.3 is 9.42 Å². The van der Waals surface area contributed by atoms with Crippen molar-refractivity contribution in [2.75, 3.05) is 13.1 Å². The summed E-state index contributed by atoms with van der Waals surface area (Å²) < 4.78 is 5.20. The number of likely N-dealkylation sites (tertiary alicyclic amines) is 1. The molecule has 7 heteroatoms. The second-order valence-corrected chi connectivity index (χ2v) is 7.91. The van der Waals surface area contributed by atoms with Gasteiger partial charge in [0.05, 0.1) is 12.1 Å². The zero-order valence-corrected chi connectivity index (χ0v) is 15.8. The van der Waals surface area contributed by atoms with Crippen molar-refractivity contribution in [3.63, 3.8) is 0 Å². The predicted molar refractivity (Wildman–Crippen MR) is 95.7 cm³/mol. The van der Waals surface area contributed by atoms with E-state index in [1.54, 1.807) is 0 Å². The Hall–Kier alpha value is -2.18. The molecule has 2 aliphatic rings. The molecular weight excluding hydrogens is 330 g/mol. The molecule has 1 aliphatic carbocycles. The fourth-order valence-electron chi connectivity index (χ4n) is 4.48. The van der Waals surface area contributed by atoms with Crippen molar-refractivity contribution >= 4 is 5.91 Å². The Morgan fingerprint density at radius 1 is 1.38 bits per heavy atom. The maximum atomic E-state index is 12.9. The van der Waals surface area contributed by atoms with Gasteiger partial charge in [0.1, 0.15) is 11.6 Å². The smallest absolute Gasteiger partial charge is 0.227 e. The Morgan fingerprint density at radius 2 is 2.19 bits per heavy atom. The van der Waals surface area contributed by atoms with Crippen LogP contribution in [-0.2, 0) is 17.6 Å². The highest BCUT2D eigenvalue weighted by Gasteiger charge is 2.53. The van der Waals surface area contributed by atoms with Gasteiger partial charge in [-0.2, -0.15) is 5.10 Å². The van der Waals surface area contributed by atoms with E-state index in [1.807, 2.05) is 18.7 Å². The van der Waals surface area contributed by atoms with Crippen molar-refractivity contribution in [2.45, 2.75) is 65.2 Å². The Kier molecular flexibility index (Phi) is 4.32. The molecule has 1 aliphatic heterocycles. The van der Waals surface area contributed by atoms with Crippen LogP contribution in [0.2, 0.25) is 0 Å². The van der Waals surface area contributed by atoms with Crippen molar-refractivity contribution in [2.24, 2.45) is 5.41 Å². The van der Waals surface area contributed by atoms with Crippen molar-refractivity contribution in [1.29, 1.82) is 0 Å². The number of H-pyrrole nitrogens is 1. The van der Waals surface area contributed by atoms with Gasteiger partial charge in [-0.3, -0.25) is 9.89 Å². The summed E-state index contributed by atoms with van der Waals surface area (Å²) in [6, 6.07) is 0. The van der Waals surface area contributed by atoms with E-state index in [0.717, 1.165) is 60.9 Å². The zero-order chi connectivity index (χ0) is 18.3. The van der Waals surface area contributed by atoms with Crippen LogP contribution < -0.4 is 0 Å². The van der Waals surface area contributed by atoms with E-state index in [9.17, 15) is 4.79 Å². The molecule has 1 spiro atoms. The molecule has 1 atom stereocenters. The van der Waals surface area contributed by atoms with Crippen LogP contribution in [0.5, 0.6) is 0 Å². The normalized spacial score (nSPS) is 21.3. The highest BCUT2D eigenvalue weighted by molar-refractivity contribution is 5.79. The molecule has 26 heavy (non-hydrogen) atoms. The van der Waals surface area contributed by atoms with E-state index in [-0.39, 0.29) is 17.2 Å². The fraction of sp³-hybridized carbons (Fsp3) is 0.684. The van der Waals surface area contributed by atoms with E-state index in [2.05, 4.69) is 22.3 Å². The maximum Gasteiger partial charge on any atom is 0.227 e. The minimum absolute atomic E-state index is 0.150. The number of hydrogen-bond acceptors (Lipinski definition) is 5. The van der Waals surface area contributed by atoms with E-state index in [1.165, 1.54) is 6.42 Å². The Morgan fingerprint density at radius 3 is 2.81 bits per heavy atom. The predicted octanol–water partition coefficient (Wildman–Crippen LogP) is 2.70. The molecule has 1 saturated heterocycles. The third-order valence-electron chi connectivity index (χ3n) is 6.21. The van der Waals surface area contributed by atoms with Gasteiger partial charge in [-0.05, 0) is 38.5 Å². The first kappa shape index (κ1) is 17.2. The zero-order valence-electron chi connectivity index (χ0n) is 15.8. The first-order chi connectivity index (χ1) is 12.5. The van der Waals surface area contributed by atoms with E-state index < -0.39 is 0 Å². The molecule has 7 nitrogen and oxygen atoms in total. The van der Waals surface area contributed by atoms with Crippen LogP contribution in [0.15, 0.2) is 4.52 Å². The molecule has 0 radical (unpaired) electrons. The largest absolute Gasteiger partial charge is 0.361 e. The first-order valence-corrected chi connectivity index (χ1v) is 9.63. The lowest BCUT2D eigenvalue weighted by Gasteiger charge is -2.41. The van der Waals surface area contributed by atoms with Crippen molar-refractivity contribution in [1.82, 2.24) is 25.2 Å². The van der Waals surface area contributed by atoms with Gasteiger partial charge in [0.25, 0.3) is 0 Å². The van der Waals surface area contributed by atoms with Gasteiger partial charge >= 0.3 is 0 Å². The van der Waals surface area contributed by atoms with Crippen LogP contribution >= 0.6 is 0 Å². The molecule has 2 aromatic rings. The van der Waals surface area contributed by atoms with Gasteiger partial charge in [-0.1, -0.05) is 18.5 Å². The number of aromatic amines is 1. The number of aromatic nitrogens is 4. The highest BCUT2D eigenvalue weighted by atomic mass is 16.5. The van der Waals surface area contributed by atoms with Crippen LogP contribution in [0.1, 0.15) is 67.2 Å². The summed E-state index contributed by atoms with van der Waals surface area (Å²) in [6.07, 6.45) is 5.87. The first-order valence-electron chi connectivity index (χ1n) is 9.63. The molecule has 0 bridgehead atoms.